The molecule has 27 heavy (non-hydrogen) atoms. The Morgan fingerprint density at radius 2 is 1.74 bits per heavy atom. The maximum Gasteiger partial charge on any atom is 0.349 e. The van der Waals surface area contributed by atoms with Gasteiger partial charge in [0, 0.05) is 13.1 Å². The monoisotopic (exact) mass is 393 g/mol. The van der Waals surface area contributed by atoms with Crippen LogP contribution in [0.1, 0.15) is 48.8 Å². The molecule has 0 fully saturated rings. The Labute approximate surface area is 162 Å². The van der Waals surface area contributed by atoms with E-state index in [1.54, 1.807) is 18.7 Å². The molecular formula is C19H27N3O4S. The summed E-state index contributed by atoms with van der Waals surface area (Å²) in [4.78, 5) is 46.5. The third-order valence-corrected chi connectivity index (χ3v) is 5.12. The maximum absolute atomic E-state index is 12.5. The Hall–Kier alpha value is -2.22. The van der Waals surface area contributed by atoms with E-state index in [1.165, 1.54) is 0 Å². The summed E-state index contributed by atoms with van der Waals surface area (Å²) in [5, 5.41) is 0.394. The quantitative estimate of drug-likeness (QED) is 0.730. The summed E-state index contributed by atoms with van der Waals surface area (Å²) in [7, 11) is 0. The maximum atomic E-state index is 12.5. The molecular weight excluding hydrogens is 366 g/mol. The molecule has 0 radical (unpaired) electrons. The lowest BCUT2D eigenvalue weighted by atomic mass is 10.1. The summed E-state index contributed by atoms with van der Waals surface area (Å²) >= 11 is 1.11. The van der Waals surface area contributed by atoms with Crippen molar-refractivity contribution >= 4 is 33.4 Å². The van der Waals surface area contributed by atoms with Crippen LogP contribution in [0.15, 0.2) is 4.79 Å². The molecule has 0 bridgehead atoms. The number of thiophene rings is 1. The van der Waals surface area contributed by atoms with Crippen molar-refractivity contribution in [3.05, 3.63) is 26.6 Å². The van der Waals surface area contributed by atoms with Gasteiger partial charge < -0.3 is 14.6 Å². The molecule has 1 amide bonds. The Morgan fingerprint density at radius 3 is 2.30 bits per heavy atom. The number of fused-ring (bicyclic) bond motifs is 1. The van der Waals surface area contributed by atoms with E-state index in [-0.39, 0.29) is 18.1 Å². The molecule has 8 heteroatoms. The SMILES string of the molecule is Cc1nc2sc(C(=O)OCC(=O)N(CC(C)C)CC(C)C)c(C)c2c(=O)[nH]1. The highest BCUT2D eigenvalue weighted by Gasteiger charge is 2.22. The Balaban J connectivity index is 2.14. The van der Waals surface area contributed by atoms with E-state index in [2.05, 4.69) is 9.97 Å². The van der Waals surface area contributed by atoms with Crippen molar-refractivity contribution in [1.82, 2.24) is 14.9 Å². The van der Waals surface area contributed by atoms with Gasteiger partial charge in [-0.25, -0.2) is 9.78 Å². The Bertz CT molecular complexity index is 888. The molecule has 0 aromatic carbocycles. The van der Waals surface area contributed by atoms with E-state index in [4.69, 9.17) is 4.74 Å². The molecule has 0 aliphatic carbocycles. The fourth-order valence-electron chi connectivity index (χ4n) is 2.89. The van der Waals surface area contributed by atoms with Crippen LogP contribution in [0.5, 0.6) is 0 Å². The molecule has 0 saturated carbocycles. The summed E-state index contributed by atoms with van der Waals surface area (Å²) in [6.07, 6.45) is 0. The minimum Gasteiger partial charge on any atom is -0.451 e. The number of H-pyrrole nitrogens is 1. The predicted octanol–water partition coefficient (Wildman–Crippen LogP) is 2.90. The van der Waals surface area contributed by atoms with E-state index in [9.17, 15) is 14.4 Å². The molecule has 2 aromatic heterocycles. The van der Waals surface area contributed by atoms with E-state index in [1.807, 2.05) is 27.7 Å². The van der Waals surface area contributed by atoms with Crippen molar-refractivity contribution in [3.63, 3.8) is 0 Å². The molecule has 0 atom stereocenters. The number of aryl methyl sites for hydroxylation is 2. The largest absolute Gasteiger partial charge is 0.451 e. The number of ether oxygens (including phenoxy) is 1. The topological polar surface area (TPSA) is 92.4 Å². The highest BCUT2D eigenvalue weighted by molar-refractivity contribution is 7.20. The average Bonchev–Trinajstić information content (AvgIpc) is 2.87. The molecule has 1 N–H and O–H groups in total. The van der Waals surface area contributed by atoms with Crippen LogP contribution in [0.25, 0.3) is 10.2 Å². The minimum absolute atomic E-state index is 0.212. The summed E-state index contributed by atoms with van der Waals surface area (Å²) in [6, 6.07) is 0. The van der Waals surface area contributed by atoms with E-state index >= 15 is 0 Å². The lowest BCUT2D eigenvalue weighted by Gasteiger charge is -2.26. The van der Waals surface area contributed by atoms with Crippen LogP contribution in [0.2, 0.25) is 0 Å². The molecule has 0 aliphatic rings. The zero-order valence-corrected chi connectivity index (χ0v) is 17.5. The first-order valence-corrected chi connectivity index (χ1v) is 9.86. The molecule has 2 aromatic rings. The van der Waals surface area contributed by atoms with Crippen molar-refractivity contribution in [3.8, 4) is 0 Å². The van der Waals surface area contributed by atoms with Gasteiger partial charge in [0.1, 0.15) is 15.5 Å². The number of esters is 1. The van der Waals surface area contributed by atoms with Crippen LogP contribution >= 0.6 is 11.3 Å². The van der Waals surface area contributed by atoms with Crippen LogP contribution in [-0.2, 0) is 9.53 Å². The van der Waals surface area contributed by atoms with Gasteiger partial charge in [-0.1, -0.05) is 27.7 Å². The number of carbonyl (C=O) groups excluding carboxylic acids is 2. The third kappa shape index (κ3) is 5.15. The molecule has 0 spiro atoms. The summed E-state index contributed by atoms with van der Waals surface area (Å²) < 4.78 is 5.25. The van der Waals surface area contributed by atoms with Gasteiger partial charge in [0.2, 0.25) is 0 Å². The van der Waals surface area contributed by atoms with E-state index in [0.29, 0.717) is 51.4 Å². The molecule has 0 unspecified atom stereocenters. The van der Waals surface area contributed by atoms with Gasteiger partial charge in [-0.05, 0) is 31.2 Å². The van der Waals surface area contributed by atoms with Gasteiger partial charge in [-0.15, -0.1) is 11.3 Å². The summed E-state index contributed by atoms with van der Waals surface area (Å²) in [6.45, 7) is 12.5. The molecule has 7 nitrogen and oxygen atoms in total. The second kappa shape index (κ2) is 8.65. The molecule has 0 saturated heterocycles. The number of aromatic nitrogens is 2. The van der Waals surface area contributed by atoms with Crippen molar-refractivity contribution in [2.45, 2.75) is 41.5 Å². The highest BCUT2D eigenvalue weighted by Crippen LogP contribution is 2.27. The zero-order valence-electron chi connectivity index (χ0n) is 16.7. The summed E-state index contributed by atoms with van der Waals surface area (Å²) in [5.41, 5.74) is 0.254. The smallest absolute Gasteiger partial charge is 0.349 e. The number of nitrogens with one attached hydrogen (secondary N) is 1. The Morgan fingerprint density at radius 1 is 1.15 bits per heavy atom. The first-order chi connectivity index (χ1) is 12.6. The van der Waals surface area contributed by atoms with Gasteiger partial charge >= 0.3 is 5.97 Å². The lowest BCUT2D eigenvalue weighted by Crippen LogP contribution is -2.39. The lowest BCUT2D eigenvalue weighted by molar-refractivity contribution is -0.135. The Kier molecular flexibility index (Phi) is 6.75. The highest BCUT2D eigenvalue weighted by atomic mass is 32.1. The normalized spacial score (nSPS) is 11.4. The number of rotatable bonds is 7. The molecule has 2 rings (SSSR count). The van der Waals surface area contributed by atoms with Gasteiger partial charge in [-0.3, -0.25) is 9.59 Å². The van der Waals surface area contributed by atoms with Crippen molar-refractivity contribution in [2.24, 2.45) is 11.8 Å². The zero-order chi connectivity index (χ0) is 20.3. The molecule has 148 valence electrons. The van der Waals surface area contributed by atoms with Gasteiger partial charge in [-0.2, -0.15) is 0 Å². The fourth-order valence-corrected chi connectivity index (χ4v) is 4.01. The van der Waals surface area contributed by atoms with Crippen LogP contribution in [0.3, 0.4) is 0 Å². The first kappa shape index (κ1) is 21.1. The number of aromatic amines is 1. The van der Waals surface area contributed by atoms with Gasteiger partial charge in [0.05, 0.1) is 5.39 Å². The van der Waals surface area contributed by atoms with Gasteiger partial charge in [0.15, 0.2) is 6.61 Å². The van der Waals surface area contributed by atoms with Crippen LogP contribution in [-0.4, -0.2) is 46.4 Å². The second-order valence-electron chi connectivity index (χ2n) is 7.55. The fraction of sp³-hybridized carbons (Fsp3) is 0.579. The van der Waals surface area contributed by atoms with Crippen LogP contribution in [0.4, 0.5) is 0 Å². The van der Waals surface area contributed by atoms with Crippen LogP contribution in [0, 0.1) is 25.7 Å². The number of nitrogens with zero attached hydrogens (tertiary/aromatic N) is 2. The van der Waals surface area contributed by atoms with Crippen LogP contribution < -0.4 is 5.56 Å². The van der Waals surface area contributed by atoms with E-state index < -0.39 is 5.97 Å². The van der Waals surface area contributed by atoms with E-state index in [0.717, 1.165) is 11.3 Å². The second-order valence-corrected chi connectivity index (χ2v) is 8.55. The number of hydrogen-bond acceptors (Lipinski definition) is 6. The van der Waals surface area contributed by atoms with Crippen molar-refractivity contribution in [1.29, 1.82) is 0 Å². The average molecular weight is 394 g/mol. The molecule has 0 aliphatic heterocycles. The van der Waals surface area contributed by atoms with Crippen molar-refractivity contribution in [2.75, 3.05) is 19.7 Å². The molecule has 2 heterocycles. The predicted molar refractivity (Wildman–Crippen MR) is 106 cm³/mol. The third-order valence-electron chi connectivity index (χ3n) is 3.95. The number of hydrogen-bond donors (Lipinski definition) is 1. The number of carbonyl (C=O) groups is 2. The standard InChI is InChI=1S/C19H27N3O4S/c1-10(2)7-22(8-11(3)4)14(23)9-26-19(25)16-12(5)15-17(24)20-13(6)21-18(15)27-16/h10-11H,7-9H2,1-6H3,(H,20,21,24). The number of amides is 1. The van der Waals surface area contributed by atoms with Gasteiger partial charge in [0.25, 0.3) is 11.5 Å². The van der Waals surface area contributed by atoms with Crippen molar-refractivity contribution < 1.29 is 14.3 Å². The first-order valence-electron chi connectivity index (χ1n) is 9.05. The minimum atomic E-state index is -0.602. The summed E-state index contributed by atoms with van der Waals surface area (Å²) in [5.74, 6) is 0.330.